The standard InChI is InChI=1S/C23H24N2O5S/c1-2-5-20(31(29)30)24-10-12-25(13-11-24)23(28)15-8-9-18-19(14-15)22(27)17-7-4-3-6-16(17)21(18)26/h3-4,6-9,14,20H,2,5,10-13H2,1H3,(H,29,30)/p-1/t20-/m0/s1. The number of amides is 1. The van der Waals surface area contributed by atoms with E-state index in [0.717, 1.165) is 6.42 Å². The maximum atomic E-state index is 13.0. The minimum atomic E-state index is -2.18. The first-order chi connectivity index (χ1) is 14.9. The van der Waals surface area contributed by atoms with E-state index in [1.54, 1.807) is 41.3 Å². The van der Waals surface area contributed by atoms with Gasteiger partial charge < -0.3 is 9.45 Å². The molecule has 0 aromatic heterocycles. The molecule has 0 radical (unpaired) electrons. The van der Waals surface area contributed by atoms with Crippen molar-refractivity contribution in [2.75, 3.05) is 26.2 Å². The van der Waals surface area contributed by atoms with E-state index in [1.807, 2.05) is 11.8 Å². The second kappa shape index (κ2) is 8.82. The Hall–Kier alpha value is -2.68. The van der Waals surface area contributed by atoms with Crippen molar-refractivity contribution in [3.05, 3.63) is 70.3 Å². The zero-order chi connectivity index (χ0) is 22.1. The van der Waals surface area contributed by atoms with E-state index in [-0.39, 0.29) is 23.0 Å². The molecule has 31 heavy (non-hydrogen) atoms. The number of carbonyl (C=O) groups is 3. The number of hydrogen-bond acceptors (Lipinski definition) is 6. The Labute approximate surface area is 183 Å². The van der Waals surface area contributed by atoms with Gasteiger partial charge in [-0.15, -0.1) is 0 Å². The van der Waals surface area contributed by atoms with Crippen molar-refractivity contribution in [2.45, 2.75) is 25.1 Å². The second-order valence-electron chi connectivity index (χ2n) is 7.80. The summed E-state index contributed by atoms with van der Waals surface area (Å²) in [5, 5.41) is -0.533. The van der Waals surface area contributed by atoms with E-state index in [4.69, 9.17) is 0 Å². The molecule has 2 atom stereocenters. The first kappa shape index (κ1) is 21.5. The average Bonchev–Trinajstić information content (AvgIpc) is 2.80. The quantitative estimate of drug-likeness (QED) is 0.566. The van der Waals surface area contributed by atoms with Crippen LogP contribution in [0, 0.1) is 0 Å². The van der Waals surface area contributed by atoms with Crippen LogP contribution in [0.5, 0.6) is 0 Å². The highest BCUT2D eigenvalue weighted by Gasteiger charge is 2.31. The van der Waals surface area contributed by atoms with Gasteiger partial charge in [-0.25, -0.2) is 0 Å². The zero-order valence-electron chi connectivity index (χ0n) is 17.2. The molecule has 4 rings (SSSR count). The summed E-state index contributed by atoms with van der Waals surface area (Å²) in [6.45, 7) is 3.70. The highest BCUT2D eigenvalue weighted by Crippen LogP contribution is 2.28. The van der Waals surface area contributed by atoms with Crippen LogP contribution in [0.3, 0.4) is 0 Å². The van der Waals surface area contributed by atoms with Crippen LogP contribution in [0.1, 0.15) is 62.0 Å². The van der Waals surface area contributed by atoms with E-state index in [0.29, 0.717) is 54.9 Å². The Morgan fingerprint density at radius 3 is 2.13 bits per heavy atom. The topological polar surface area (TPSA) is 97.8 Å². The van der Waals surface area contributed by atoms with Crippen LogP contribution in [0.15, 0.2) is 42.5 Å². The van der Waals surface area contributed by atoms with Crippen LogP contribution in [-0.2, 0) is 11.1 Å². The Kier molecular flexibility index (Phi) is 6.13. The van der Waals surface area contributed by atoms with Gasteiger partial charge in [0.15, 0.2) is 11.6 Å². The van der Waals surface area contributed by atoms with Crippen LogP contribution < -0.4 is 0 Å². The maximum absolute atomic E-state index is 13.0. The molecule has 2 aromatic rings. The van der Waals surface area contributed by atoms with Gasteiger partial charge in [0.1, 0.15) is 0 Å². The van der Waals surface area contributed by atoms with Gasteiger partial charge in [-0.2, -0.15) is 0 Å². The van der Waals surface area contributed by atoms with Gasteiger partial charge in [0, 0.05) is 54.0 Å². The van der Waals surface area contributed by atoms with Crippen LogP contribution in [0.2, 0.25) is 0 Å². The molecule has 0 N–H and O–H groups in total. The number of hydrogen-bond donors (Lipinski definition) is 0. The Morgan fingerprint density at radius 2 is 1.55 bits per heavy atom. The third-order valence-electron chi connectivity index (χ3n) is 5.94. The number of rotatable bonds is 5. The SMILES string of the molecule is CCC[C@@H](N1CCN(C(=O)c2ccc3c(c2)C(=O)c2ccccc2C3=O)CC1)S(=O)[O-]. The van der Waals surface area contributed by atoms with Crippen LogP contribution in [0.4, 0.5) is 0 Å². The summed E-state index contributed by atoms with van der Waals surface area (Å²) >= 11 is -2.18. The fourth-order valence-electron chi connectivity index (χ4n) is 4.28. The van der Waals surface area contributed by atoms with Gasteiger partial charge in [0.2, 0.25) is 0 Å². The van der Waals surface area contributed by atoms with Crippen LogP contribution in [-0.4, -0.2) is 67.6 Å². The molecule has 2 aliphatic rings. The van der Waals surface area contributed by atoms with E-state index in [2.05, 4.69) is 0 Å². The van der Waals surface area contributed by atoms with Gasteiger partial charge in [-0.3, -0.25) is 23.5 Å². The monoisotopic (exact) mass is 439 g/mol. The molecule has 162 valence electrons. The molecule has 1 amide bonds. The maximum Gasteiger partial charge on any atom is 0.253 e. The number of ketones is 2. The molecule has 1 heterocycles. The fourth-order valence-corrected chi connectivity index (χ4v) is 5.16. The predicted molar refractivity (Wildman–Crippen MR) is 115 cm³/mol. The number of fused-ring (bicyclic) bond motifs is 2. The van der Waals surface area contributed by atoms with Gasteiger partial charge in [-0.1, -0.05) is 37.6 Å². The highest BCUT2D eigenvalue weighted by molar-refractivity contribution is 7.79. The minimum absolute atomic E-state index is 0.217. The smallest absolute Gasteiger partial charge is 0.253 e. The Bertz CT molecular complexity index is 1080. The predicted octanol–water partition coefficient (Wildman–Crippen LogP) is 2.23. The lowest BCUT2D eigenvalue weighted by Gasteiger charge is -2.40. The summed E-state index contributed by atoms with van der Waals surface area (Å²) in [5.74, 6) is -0.702. The molecule has 7 nitrogen and oxygen atoms in total. The van der Waals surface area contributed by atoms with Crippen molar-refractivity contribution >= 4 is 28.6 Å². The van der Waals surface area contributed by atoms with E-state index >= 15 is 0 Å². The number of piperazine rings is 1. The molecule has 1 unspecified atom stereocenters. The van der Waals surface area contributed by atoms with Gasteiger partial charge in [0.05, 0.1) is 5.37 Å². The molecular weight excluding hydrogens is 416 g/mol. The Morgan fingerprint density at radius 1 is 0.968 bits per heavy atom. The number of nitrogens with zero attached hydrogens (tertiary/aromatic N) is 2. The molecule has 1 aliphatic heterocycles. The second-order valence-corrected chi connectivity index (χ2v) is 8.86. The van der Waals surface area contributed by atoms with Crippen molar-refractivity contribution in [2.24, 2.45) is 0 Å². The van der Waals surface area contributed by atoms with Gasteiger partial charge in [-0.05, 0) is 35.7 Å². The molecule has 1 fully saturated rings. The minimum Gasteiger partial charge on any atom is -0.771 e. The highest BCUT2D eigenvalue weighted by atomic mass is 32.2. The lowest BCUT2D eigenvalue weighted by Crippen LogP contribution is -2.53. The van der Waals surface area contributed by atoms with Crippen molar-refractivity contribution in [1.29, 1.82) is 0 Å². The van der Waals surface area contributed by atoms with Crippen molar-refractivity contribution < 1.29 is 23.1 Å². The van der Waals surface area contributed by atoms with E-state index in [1.165, 1.54) is 6.07 Å². The van der Waals surface area contributed by atoms with Crippen LogP contribution in [0.25, 0.3) is 0 Å². The third-order valence-corrected chi connectivity index (χ3v) is 6.92. The molecule has 0 bridgehead atoms. The van der Waals surface area contributed by atoms with Crippen molar-refractivity contribution in [1.82, 2.24) is 9.80 Å². The summed E-state index contributed by atoms with van der Waals surface area (Å²) in [5.41, 5.74) is 1.65. The molecule has 0 saturated carbocycles. The molecule has 2 aromatic carbocycles. The average molecular weight is 440 g/mol. The summed E-state index contributed by atoms with van der Waals surface area (Å²) in [4.78, 5) is 42.2. The van der Waals surface area contributed by atoms with Crippen molar-refractivity contribution in [3.63, 3.8) is 0 Å². The van der Waals surface area contributed by atoms with Gasteiger partial charge in [0.25, 0.3) is 5.91 Å². The largest absolute Gasteiger partial charge is 0.771 e. The lowest BCUT2D eigenvalue weighted by atomic mass is 9.83. The van der Waals surface area contributed by atoms with E-state index in [9.17, 15) is 23.1 Å². The summed E-state index contributed by atoms with van der Waals surface area (Å²) < 4.78 is 23.1. The van der Waals surface area contributed by atoms with Crippen molar-refractivity contribution in [3.8, 4) is 0 Å². The normalized spacial score (nSPS) is 18.3. The number of benzene rings is 2. The van der Waals surface area contributed by atoms with Crippen LogP contribution >= 0.6 is 0 Å². The first-order valence-corrected chi connectivity index (χ1v) is 11.5. The molecule has 8 heteroatoms. The fraction of sp³-hybridized carbons (Fsp3) is 0.348. The third kappa shape index (κ3) is 3.98. The molecular formula is C23H23N2O5S-. The lowest BCUT2D eigenvalue weighted by molar-refractivity contribution is 0.0614. The molecule has 0 spiro atoms. The summed E-state index contributed by atoms with van der Waals surface area (Å²) in [7, 11) is 0. The van der Waals surface area contributed by atoms with E-state index < -0.39 is 16.5 Å². The zero-order valence-corrected chi connectivity index (χ0v) is 18.0. The first-order valence-electron chi connectivity index (χ1n) is 10.4. The Balaban J connectivity index is 1.52. The van der Waals surface area contributed by atoms with Gasteiger partial charge >= 0.3 is 0 Å². The summed E-state index contributed by atoms with van der Waals surface area (Å²) in [6, 6.07) is 11.3. The molecule has 1 saturated heterocycles. The molecule has 1 aliphatic carbocycles. The number of carbonyl (C=O) groups excluding carboxylic acids is 3. The summed E-state index contributed by atoms with van der Waals surface area (Å²) in [6.07, 6.45) is 1.33.